The minimum atomic E-state index is -2.02. The summed E-state index contributed by atoms with van der Waals surface area (Å²) in [5.41, 5.74) is 2.40. The van der Waals surface area contributed by atoms with E-state index in [-0.39, 0.29) is 101 Å². The summed E-state index contributed by atoms with van der Waals surface area (Å²) in [5, 5.41) is 17.3. The molecule has 2 heterocycles. The molecule has 0 aliphatic carbocycles. The van der Waals surface area contributed by atoms with Gasteiger partial charge in [-0.1, -0.05) is 77.9 Å². The molecular formula is C43H65N3O9Si2. The van der Waals surface area contributed by atoms with E-state index in [4.69, 9.17) is 14.0 Å². The normalized spacial score (nSPS) is 20.6. The number of amides is 3. The number of ketones is 2. The van der Waals surface area contributed by atoms with Crippen molar-refractivity contribution < 1.29 is 42.7 Å². The highest BCUT2D eigenvalue weighted by molar-refractivity contribution is 6.74. The molecule has 0 radical (unpaired) electrons. The molecule has 0 unspecified atom stereocenters. The van der Waals surface area contributed by atoms with Crippen LogP contribution in [0.1, 0.15) is 100 Å². The molecule has 4 N–H and O–H groups in total. The van der Waals surface area contributed by atoms with Crippen LogP contribution in [0.2, 0.25) is 36.3 Å². The van der Waals surface area contributed by atoms with Crippen molar-refractivity contribution in [3.63, 3.8) is 0 Å². The Hall–Kier alpha value is -3.99. The highest BCUT2D eigenvalue weighted by Crippen LogP contribution is 2.40. The zero-order chi connectivity index (χ0) is 43.3. The molecule has 4 rings (SSSR count). The molecule has 2 aliphatic rings. The van der Waals surface area contributed by atoms with Crippen LogP contribution in [0.25, 0.3) is 0 Å². The second-order valence-corrected chi connectivity index (χ2v) is 28.0. The average molecular weight is 824 g/mol. The number of β-lactam (4-membered cyclic amide) rings is 2. The summed E-state index contributed by atoms with van der Waals surface area (Å²) < 4.78 is 12.8. The predicted molar refractivity (Wildman–Crippen MR) is 226 cm³/mol. The lowest BCUT2D eigenvalue weighted by Crippen LogP contribution is -2.64. The van der Waals surface area contributed by atoms with Crippen LogP contribution in [0, 0.1) is 11.8 Å². The van der Waals surface area contributed by atoms with E-state index in [1.807, 2.05) is 19.9 Å². The van der Waals surface area contributed by atoms with Crippen LogP contribution in [0.5, 0.6) is 0 Å². The van der Waals surface area contributed by atoms with Gasteiger partial charge in [-0.25, -0.2) is 0 Å². The van der Waals surface area contributed by atoms with Crippen molar-refractivity contribution in [1.29, 1.82) is 0 Å². The van der Waals surface area contributed by atoms with Gasteiger partial charge < -0.3 is 29.9 Å². The van der Waals surface area contributed by atoms with Gasteiger partial charge in [0.2, 0.25) is 17.7 Å². The Kier molecular flexibility index (Phi) is 15.6. The third kappa shape index (κ3) is 12.5. The molecule has 3 amide bonds. The zero-order valence-electron chi connectivity index (χ0n) is 36.1. The molecule has 2 aromatic rings. The fourth-order valence-corrected chi connectivity index (χ4v) is 9.43. The van der Waals surface area contributed by atoms with Crippen molar-refractivity contribution in [1.82, 2.24) is 16.0 Å². The lowest BCUT2D eigenvalue weighted by molar-refractivity contribution is -0.140. The van der Waals surface area contributed by atoms with E-state index in [2.05, 4.69) is 83.7 Å². The van der Waals surface area contributed by atoms with Gasteiger partial charge in [-0.3, -0.25) is 28.8 Å². The number of hydrogen-bond acceptors (Lipinski definition) is 8. The average Bonchev–Trinajstić information content (AvgIpc) is 3.06. The first-order valence-electron chi connectivity index (χ1n) is 19.8. The van der Waals surface area contributed by atoms with Crippen molar-refractivity contribution in [3.05, 3.63) is 70.8 Å². The molecule has 2 aliphatic heterocycles. The Morgan fingerprint density at radius 2 is 1.07 bits per heavy atom. The maximum absolute atomic E-state index is 12.8. The molecule has 2 fully saturated rings. The number of likely N-dealkylation sites (N-methyl/N-ethyl adjacent to an activating group) is 1. The fraction of sp³-hybridized carbons (Fsp3) is 0.581. The van der Waals surface area contributed by atoms with Crippen LogP contribution in [0.15, 0.2) is 48.5 Å². The monoisotopic (exact) mass is 823 g/mol. The van der Waals surface area contributed by atoms with Gasteiger partial charge in [-0.05, 0) is 73.4 Å². The van der Waals surface area contributed by atoms with E-state index in [1.54, 1.807) is 49.5 Å². The third-order valence-corrected chi connectivity index (χ3v) is 21.2. The lowest BCUT2D eigenvalue weighted by atomic mass is 9.82. The Labute approximate surface area is 340 Å². The minimum Gasteiger partial charge on any atom is -0.481 e. The van der Waals surface area contributed by atoms with Crippen molar-refractivity contribution in [3.8, 4) is 0 Å². The summed E-state index contributed by atoms with van der Waals surface area (Å²) in [7, 11) is -2.44. The van der Waals surface area contributed by atoms with Crippen LogP contribution in [0.3, 0.4) is 0 Å². The summed E-state index contributed by atoms with van der Waals surface area (Å²) in [6.45, 7) is 25.4. The molecule has 57 heavy (non-hydrogen) atoms. The number of Topliss-reactive ketones (excluding diaryl/α,β-unsaturated/α-hetero) is 2. The summed E-state index contributed by atoms with van der Waals surface area (Å²) >= 11 is 0. The van der Waals surface area contributed by atoms with Gasteiger partial charge in [0.1, 0.15) is 0 Å². The zero-order valence-corrected chi connectivity index (χ0v) is 38.1. The number of carbonyl (C=O) groups is 6. The first kappa shape index (κ1) is 47.4. The van der Waals surface area contributed by atoms with Gasteiger partial charge in [0, 0.05) is 31.0 Å². The molecule has 14 heteroatoms. The van der Waals surface area contributed by atoms with E-state index in [0.29, 0.717) is 16.7 Å². The standard InChI is InChI=1S/C22H34N2O4Si.C21H31NO5Si/c1-14(28-29(6,7)22(2,3)4)20-17(24-21(20)27)13-18(25)16-10-8-9-15(11-16)12-19(26)23-5;1-13(27-28(5,6)21(2,3)4)19-16(22-20(19)26)12-17(23)15-9-7-8-14(10-15)11-18(24)25/h8-11,14,17,20H,12-13H2,1-7H3,(H,23,26)(H,24,27);7-10,13,16,19H,11-12H2,1-6H3,(H,22,26)(H,24,25)/t14-,17-,20-;13-,16-,19-/m11/s1. The Morgan fingerprint density at radius 3 is 1.39 bits per heavy atom. The molecule has 2 aromatic carbocycles. The largest absolute Gasteiger partial charge is 0.481 e. The number of carboxylic acid groups (broad SMARTS) is 1. The SMILES string of the molecule is CNC(=O)Cc1cccc(C(=O)C[C@H]2NC(=O)[C@@H]2[C@@H](C)O[Si](C)(C)C(C)(C)C)c1.C[C@@H](O[Si](C)(C)C(C)(C)C)[C@H]1C(=O)N[C@@H]1CC(=O)c1cccc(CC(=O)O)c1. The maximum atomic E-state index is 12.8. The van der Waals surface area contributed by atoms with Gasteiger partial charge in [-0.2, -0.15) is 0 Å². The van der Waals surface area contributed by atoms with E-state index >= 15 is 0 Å². The molecule has 2 saturated heterocycles. The molecule has 0 bridgehead atoms. The van der Waals surface area contributed by atoms with E-state index in [9.17, 15) is 28.8 Å². The quantitative estimate of drug-likeness (QED) is 0.0838. The number of nitrogens with one attached hydrogen (secondary N) is 3. The van der Waals surface area contributed by atoms with Gasteiger partial charge in [0.05, 0.1) is 49.0 Å². The number of benzene rings is 2. The first-order chi connectivity index (χ1) is 26.2. The summed E-state index contributed by atoms with van der Waals surface area (Å²) in [5.74, 6) is -1.99. The molecule has 6 atom stereocenters. The Morgan fingerprint density at radius 1 is 0.702 bits per heavy atom. The highest BCUT2D eigenvalue weighted by atomic mass is 28.4. The number of carboxylic acids is 1. The van der Waals surface area contributed by atoms with Crippen LogP contribution in [-0.2, 0) is 40.9 Å². The number of carbonyl (C=O) groups excluding carboxylic acids is 5. The van der Waals surface area contributed by atoms with Crippen LogP contribution >= 0.6 is 0 Å². The smallest absolute Gasteiger partial charge is 0.307 e. The molecule has 12 nitrogen and oxygen atoms in total. The topological polar surface area (TPSA) is 177 Å². The summed E-state index contributed by atoms with van der Waals surface area (Å²) in [4.78, 5) is 72.3. The summed E-state index contributed by atoms with van der Waals surface area (Å²) in [6, 6.07) is 13.3. The van der Waals surface area contributed by atoms with Gasteiger partial charge in [0.25, 0.3) is 0 Å². The molecule has 0 spiro atoms. The van der Waals surface area contributed by atoms with Crippen molar-refractivity contribution in [2.24, 2.45) is 11.8 Å². The van der Waals surface area contributed by atoms with Crippen LogP contribution < -0.4 is 16.0 Å². The van der Waals surface area contributed by atoms with Gasteiger partial charge in [0.15, 0.2) is 28.2 Å². The molecule has 314 valence electrons. The summed E-state index contributed by atoms with van der Waals surface area (Å²) in [6.07, 6.45) is 0.0234. The predicted octanol–water partition coefficient (Wildman–Crippen LogP) is 6.48. The second-order valence-electron chi connectivity index (χ2n) is 18.5. The van der Waals surface area contributed by atoms with E-state index in [0.717, 1.165) is 5.56 Å². The van der Waals surface area contributed by atoms with Gasteiger partial charge in [-0.15, -0.1) is 0 Å². The van der Waals surface area contributed by atoms with Crippen molar-refractivity contribution in [2.45, 2.75) is 142 Å². The lowest BCUT2D eigenvalue weighted by Gasteiger charge is -2.45. The van der Waals surface area contributed by atoms with Gasteiger partial charge >= 0.3 is 5.97 Å². The van der Waals surface area contributed by atoms with Crippen molar-refractivity contribution in [2.75, 3.05) is 7.05 Å². The van der Waals surface area contributed by atoms with E-state index in [1.165, 1.54) is 0 Å². The van der Waals surface area contributed by atoms with Crippen LogP contribution in [0.4, 0.5) is 0 Å². The second kappa shape index (κ2) is 18.7. The fourth-order valence-electron chi connectivity index (χ4n) is 6.57. The Bertz CT molecular complexity index is 1810. The Balaban J connectivity index is 0.000000306. The minimum absolute atomic E-state index is 0.0391. The number of rotatable bonds is 16. The third-order valence-electron chi connectivity index (χ3n) is 12.0. The maximum Gasteiger partial charge on any atom is 0.307 e. The molecule has 0 aromatic heterocycles. The number of hydrogen-bond donors (Lipinski definition) is 4. The number of aliphatic carboxylic acids is 1. The molecule has 0 saturated carbocycles. The first-order valence-corrected chi connectivity index (χ1v) is 25.6. The van der Waals surface area contributed by atoms with Crippen molar-refractivity contribution >= 4 is 51.9 Å². The highest BCUT2D eigenvalue weighted by Gasteiger charge is 2.49. The molecular weight excluding hydrogens is 759 g/mol. The van der Waals surface area contributed by atoms with Crippen LogP contribution in [-0.4, -0.2) is 88.3 Å². The van der Waals surface area contributed by atoms with E-state index < -0.39 is 22.6 Å².